The van der Waals surface area contributed by atoms with E-state index in [4.69, 9.17) is 0 Å². The van der Waals surface area contributed by atoms with Crippen LogP contribution in [-0.4, -0.2) is 36.0 Å². The van der Waals surface area contributed by atoms with Gasteiger partial charge in [-0.25, -0.2) is 27.2 Å². The van der Waals surface area contributed by atoms with Crippen molar-refractivity contribution < 1.29 is 46.5 Å². The zero-order valence-electron chi connectivity index (χ0n) is 16.9. The van der Waals surface area contributed by atoms with Gasteiger partial charge in [-0.05, 0) is 45.0 Å². The van der Waals surface area contributed by atoms with Crippen LogP contribution in [0.4, 0.5) is 17.6 Å². The van der Waals surface area contributed by atoms with Gasteiger partial charge in [0, 0.05) is 23.3 Å². The van der Waals surface area contributed by atoms with Crippen molar-refractivity contribution in [3.8, 4) is 0 Å². The minimum atomic E-state index is -2.06. The van der Waals surface area contributed by atoms with Gasteiger partial charge in [0.1, 0.15) is 23.3 Å². The van der Waals surface area contributed by atoms with E-state index in [-0.39, 0.29) is 24.3 Å². The standard InChI is InChI=1S/C11H12F2O3.C10H8F2O3/c1-3-16-10(14)11(2,15)7-4-8(12)6-9(13)5-7;1-2-15-10(14)9(13)6-3-7(11)5-8(12)4-6/h4-6,15H,3H2,1-2H3;3-5H,2H2,1H3/t11-;/m0./s1. The van der Waals surface area contributed by atoms with E-state index >= 15 is 0 Å². The Morgan fingerprint density at radius 2 is 1.23 bits per heavy atom. The molecular formula is C21H20F4O6. The third-order valence-electron chi connectivity index (χ3n) is 3.68. The number of carbonyl (C=O) groups is 3. The summed E-state index contributed by atoms with van der Waals surface area (Å²) in [5, 5.41) is 9.83. The summed E-state index contributed by atoms with van der Waals surface area (Å²) < 4.78 is 60.2. The van der Waals surface area contributed by atoms with E-state index in [0.29, 0.717) is 12.1 Å². The third kappa shape index (κ3) is 7.49. The van der Waals surface area contributed by atoms with Crippen LogP contribution < -0.4 is 0 Å². The Bertz CT molecular complexity index is 918. The fraction of sp³-hybridized carbons (Fsp3) is 0.286. The van der Waals surface area contributed by atoms with Crippen LogP contribution in [0.25, 0.3) is 0 Å². The molecule has 0 heterocycles. The molecule has 0 saturated carbocycles. The fourth-order valence-corrected chi connectivity index (χ4v) is 2.22. The molecule has 31 heavy (non-hydrogen) atoms. The molecule has 0 fully saturated rings. The van der Waals surface area contributed by atoms with Crippen molar-refractivity contribution in [2.24, 2.45) is 0 Å². The van der Waals surface area contributed by atoms with Crippen LogP contribution in [0.2, 0.25) is 0 Å². The summed E-state index contributed by atoms with van der Waals surface area (Å²) in [6.07, 6.45) is 0. The lowest BCUT2D eigenvalue weighted by Gasteiger charge is -2.21. The number of Topliss-reactive ketones (excluding diaryl/α,β-unsaturated/α-hetero) is 1. The van der Waals surface area contributed by atoms with Crippen molar-refractivity contribution in [2.45, 2.75) is 26.4 Å². The zero-order valence-corrected chi connectivity index (χ0v) is 16.9. The number of hydrogen-bond donors (Lipinski definition) is 1. The van der Waals surface area contributed by atoms with Crippen LogP contribution in [0.3, 0.4) is 0 Å². The lowest BCUT2D eigenvalue weighted by atomic mass is 9.96. The van der Waals surface area contributed by atoms with Crippen LogP contribution in [0.5, 0.6) is 0 Å². The molecule has 10 heteroatoms. The van der Waals surface area contributed by atoms with Crippen LogP contribution in [0.1, 0.15) is 36.7 Å². The second-order valence-corrected chi connectivity index (χ2v) is 6.16. The molecule has 0 bridgehead atoms. The first-order chi connectivity index (χ1) is 14.4. The number of halogens is 4. The number of rotatable bonds is 6. The number of esters is 2. The number of hydrogen-bond acceptors (Lipinski definition) is 6. The first-order valence-electron chi connectivity index (χ1n) is 8.96. The van der Waals surface area contributed by atoms with Crippen LogP contribution in [0, 0.1) is 23.3 Å². The molecule has 0 saturated heterocycles. The highest BCUT2D eigenvalue weighted by molar-refractivity contribution is 6.40. The first-order valence-corrected chi connectivity index (χ1v) is 8.96. The van der Waals surface area contributed by atoms with E-state index in [9.17, 15) is 37.1 Å². The average Bonchev–Trinajstić information content (AvgIpc) is 2.66. The van der Waals surface area contributed by atoms with Gasteiger partial charge in [0.25, 0.3) is 5.78 Å². The molecule has 6 nitrogen and oxygen atoms in total. The van der Waals surface area contributed by atoms with Gasteiger partial charge in [-0.1, -0.05) is 0 Å². The molecule has 0 radical (unpaired) electrons. The van der Waals surface area contributed by atoms with E-state index in [1.54, 1.807) is 6.92 Å². The van der Waals surface area contributed by atoms with Gasteiger partial charge in [0.05, 0.1) is 13.2 Å². The maximum atomic E-state index is 12.9. The molecule has 2 aromatic rings. The van der Waals surface area contributed by atoms with Gasteiger partial charge >= 0.3 is 11.9 Å². The summed E-state index contributed by atoms with van der Waals surface area (Å²) in [6, 6.07) is 4.61. The smallest absolute Gasteiger partial charge is 0.379 e. The highest BCUT2D eigenvalue weighted by Crippen LogP contribution is 2.24. The zero-order chi connectivity index (χ0) is 23.8. The molecule has 2 aromatic carbocycles. The van der Waals surface area contributed by atoms with E-state index in [0.717, 1.165) is 31.2 Å². The number of aliphatic hydroxyl groups is 1. The molecule has 0 amide bonds. The summed E-state index contributed by atoms with van der Waals surface area (Å²) in [6.45, 7) is 4.33. The van der Waals surface area contributed by atoms with E-state index < -0.39 is 46.6 Å². The Hall–Kier alpha value is -3.27. The first kappa shape index (κ1) is 25.8. The number of carbonyl (C=O) groups excluding carboxylic acids is 3. The van der Waals surface area contributed by atoms with Crippen molar-refractivity contribution in [3.05, 3.63) is 70.8 Å². The summed E-state index contributed by atoms with van der Waals surface area (Å²) in [7, 11) is 0. The Morgan fingerprint density at radius 1 is 0.806 bits per heavy atom. The predicted molar refractivity (Wildman–Crippen MR) is 99.9 cm³/mol. The Morgan fingerprint density at radius 3 is 1.65 bits per heavy atom. The van der Waals surface area contributed by atoms with Crippen LogP contribution in [-0.2, 0) is 24.7 Å². The Labute approximate surface area is 175 Å². The highest BCUT2D eigenvalue weighted by atomic mass is 19.1. The molecule has 0 aromatic heterocycles. The van der Waals surface area contributed by atoms with E-state index in [1.807, 2.05) is 0 Å². The van der Waals surface area contributed by atoms with Crippen molar-refractivity contribution in [3.63, 3.8) is 0 Å². The quantitative estimate of drug-likeness (QED) is 0.318. The van der Waals surface area contributed by atoms with Gasteiger partial charge < -0.3 is 14.6 Å². The van der Waals surface area contributed by atoms with Gasteiger partial charge in [-0.15, -0.1) is 0 Å². The molecule has 1 atom stereocenters. The molecule has 0 aliphatic carbocycles. The van der Waals surface area contributed by atoms with Crippen molar-refractivity contribution in [1.29, 1.82) is 0 Å². The molecule has 0 aliphatic rings. The maximum Gasteiger partial charge on any atom is 0.379 e. The lowest BCUT2D eigenvalue weighted by molar-refractivity contribution is -0.164. The summed E-state index contributed by atoms with van der Waals surface area (Å²) in [4.78, 5) is 33.6. The molecular weight excluding hydrogens is 424 g/mol. The molecule has 1 N–H and O–H groups in total. The molecule has 2 rings (SSSR count). The van der Waals surface area contributed by atoms with Crippen LogP contribution in [0.15, 0.2) is 36.4 Å². The monoisotopic (exact) mass is 444 g/mol. The van der Waals surface area contributed by atoms with Crippen molar-refractivity contribution in [2.75, 3.05) is 13.2 Å². The van der Waals surface area contributed by atoms with Crippen molar-refractivity contribution >= 4 is 17.7 Å². The number of ether oxygens (including phenoxy) is 2. The van der Waals surface area contributed by atoms with Gasteiger partial charge in [-0.3, -0.25) is 4.79 Å². The third-order valence-corrected chi connectivity index (χ3v) is 3.68. The second-order valence-electron chi connectivity index (χ2n) is 6.16. The van der Waals surface area contributed by atoms with Gasteiger partial charge in [-0.2, -0.15) is 0 Å². The lowest BCUT2D eigenvalue weighted by Crippen LogP contribution is -2.34. The minimum Gasteiger partial charge on any atom is -0.464 e. The number of ketones is 1. The molecule has 168 valence electrons. The summed E-state index contributed by atoms with van der Waals surface area (Å²) >= 11 is 0. The minimum absolute atomic E-state index is 0.0301. The van der Waals surface area contributed by atoms with Gasteiger partial charge in [0.2, 0.25) is 0 Å². The average molecular weight is 444 g/mol. The largest absolute Gasteiger partial charge is 0.464 e. The highest BCUT2D eigenvalue weighted by Gasteiger charge is 2.34. The number of benzene rings is 2. The van der Waals surface area contributed by atoms with E-state index in [2.05, 4.69) is 9.47 Å². The fourth-order valence-electron chi connectivity index (χ4n) is 2.22. The predicted octanol–water partition coefficient (Wildman–Crippen LogP) is 3.45. The van der Waals surface area contributed by atoms with Crippen molar-refractivity contribution in [1.82, 2.24) is 0 Å². The SMILES string of the molecule is CCOC(=O)C(=O)c1cc(F)cc(F)c1.CCOC(=O)[C@@](C)(O)c1cc(F)cc(F)c1. The molecule has 0 spiro atoms. The molecule has 0 aliphatic heterocycles. The topological polar surface area (TPSA) is 89.9 Å². The Balaban J connectivity index is 0.000000311. The maximum absolute atomic E-state index is 12.9. The van der Waals surface area contributed by atoms with Crippen LogP contribution >= 0.6 is 0 Å². The second kappa shape index (κ2) is 11.2. The summed E-state index contributed by atoms with van der Waals surface area (Å²) in [5.74, 6) is -6.68. The van der Waals surface area contributed by atoms with E-state index in [1.165, 1.54) is 6.92 Å². The normalized spacial score (nSPS) is 12.1. The molecule has 0 unspecified atom stereocenters. The Kier molecular flexibility index (Phi) is 9.32. The summed E-state index contributed by atoms with van der Waals surface area (Å²) in [5.41, 5.74) is -2.59. The van der Waals surface area contributed by atoms with Gasteiger partial charge in [0.15, 0.2) is 5.60 Å².